The lowest BCUT2D eigenvalue weighted by Gasteiger charge is -2.34. The highest BCUT2D eigenvalue weighted by molar-refractivity contribution is 6.62. The van der Waals surface area contributed by atoms with E-state index in [1.54, 1.807) is 0 Å². The summed E-state index contributed by atoms with van der Waals surface area (Å²) in [5.41, 5.74) is 9.82. The van der Waals surface area contributed by atoms with Gasteiger partial charge in [0.15, 0.2) is 0 Å². The quantitative estimate of drug-likeness (QED) is 0.106. The summed E-state index contributed by atoms with van der Waals surface area (Å²) in [4.78, 5) is 0. The van der Waals surface area contributed by atoms with Crippen molar-refractivity contribution in [2.75, 3.05) is 0 Å². The summed E-state index contributed by atoms with van der Waals surface area (Å²) in [6, 6.07) is 34.0. The molecule has 1 saturated heterocycles. The molecule has 0 N–H and O–H groups in total. The first-order valence-electron chi connectivity index (χ1n) is 15.9. The molecule has 2 nitrogen and oxygen atoms in total. The van der Waals surface area contributed by atoms with E-state index in [4.69, 9.17) is 9.31 Å². The van der Waals surface area contributed by atoms with Crippen LogP contribution in [0.5, 0.6) is 0 Å². The highest BCUT2D eigenvalue weighted by atomic mass is 16.7. The topological polar surface area (TPSA) is 18.5 Å². The summed E-state index contributed by atoms with van der Waals surface area (Å²) in [6.45, 7) is 12.6. The van der Waals surface area contributed by atoms with Crippen molar-refractivity contribution in [3.63, 3.8) is 0 Å². The van der Waals surface area contributed by atoms with Crippen LogP contribution < -0.4 is 5.46 Å². The second-order valence-corrected chi connectivity index (χ2v) is 13.1. The average Bonchev–Trinajstić information content (AvgIpc) is 3.42. The van der Waals surface area contributed by atoms with E-state index in [-0.39, 0.29) is 0 Å². The van der Waals surface area contributed by atoms with Gasteiger partial charge < -0.3 is 9.31 Å². The Kier molecular flexibility index (Phi) is 7.88. The second kappa shape index (κ2) is 11.5. The van der Waals surface area contributed by atoms with Gasteiger partial charge in [-0.05, 0) is 104 Å². The number of unbranched alkanes of at least 4 members (excludes halogenated alkanes) is 3. The molecular weight excluding hydrogens is 523 g/mol. The van der Waals surface area contributed by atoms with Gasteiger partial charge in [0, 0.05) is 5.56 Å². The van der Waals surface area contributed by atoms with Crippen molar-refractivity contribution < 1.29 is 9.31 Å². The summed E-state index contributed by atoms with van der Waals surface area (Å²) >= 11 is 0. The monoisotopic (exact) mass is 566 g/mol. The first-order valence-corrected chi connectivity index (χ1v) is 15.9. The summed E-state index contributed by atoms with van der Waals surface area (Å²) in [6.07, 6.45) is 6.21. The van der Waals surface area contributed by atoms with Gasteiger partial charge in [0.25, 0.3) is 0 Å². The Balaban J connectivity index is 1.54. The Labute approximate surface area is 259 Å². The standard InChI is InChI=1S/C40H43BO2/c1-7-9-10-11-15-30-20-24-32(25-21-30)40(31-22-18-29(14-8-2)19-23-31)36-17-13-12-16-34(36)35-27-26-33(28-37(35)40)41-42-38(3,4)39(5,6)43-41/h12-13,16-28H,7,9-11,15H2,1-6H3. The minimum atomic E-state index is -0.482. The second-order valence-electron chi connectivity index (χ2n) is 13.1. The molecule has 6 rings (SSSR count). The van der Waals surface area contributed by atoms with Gasteiger partial charge in [-0.15, -0.1) is 5.92 Å². The van der Waals surface area contributed by atoms with Gasteiger partial charge in [-0.2, -0.15) is 0 Å². The fourth-order valence-electron chi connectivity index (χ4n) is 6.84. The molecule has 1 atom stereocenters. The van der Waals surface area contributed by atoms with Crippen LogP contribution in [0.25, 0.3) is 11.1 Å². The number of rotatable bonds is 8. The van der Waals surface area contributed by atoms with E-state index in [0.29, 0.717) is 0 Å². The van der Waals surface area contributed by atoms with E-state index in [1.807, 2.05) is 6.92 Å². The van der Waals surface area contributed by atoms with Crippen molar-refractivity contribution >= 4 is 12.6 Å². The molecule has 0 saturated carbocycles. The van der Waals surface area contributed by atoms with E-state index in [1.165, 1.54) is 64.6 Å². The Morgan fingerprint density at radius 2 is 1.30 bits per heavy atom. The Hall–Kier alpha value is -3.58. The molecule has 1 fully saturated rings. The molecule has 0 aromatic heterocycles. The molecule has 0 bridgehead atoms. The molecule has 4 aromatic carbocycles. The van der Waals surface area contributed by atoms with Crippen LogP contribution in [0.1, 0.15) is 101 Å². The molecular formula is C40H43BO2. The van der Waals surface area contributed by atoms with E-state index in [9.17, 15) is 0 Å². The third-order valence-corrected chi connectivity index (χ3v) is 9.89. The number of benzene rings is 4. The van der Waals surface area contributed by atoms with Crippen molar-refractivity contribution in [2.24, 2.45) is 0 Å². The van der Waals surface area contributed by atoms with Crippen LogP contribution in [0.4, 0.5) is 0 Å². The lowest BCUT2D eigenvalue weighted by Crippen LogP contribution is -2.41. The van der Waals surface area contributed by atoms with Crippen molar-refractivity contribution in [3.05, 3.63) is 124 Å². The van der Waals surface area contributed by atoms with E-state index >= 15 is 0 Å². The third-order valence-electron chi connectivity index (χ3n) is 9.89. The largest absolute Gasteiger partial charge is 0.494 e. The highest BCUT2D eigenvalue weighted by Gasteiger charge is 2.53. The number of aryl methyl sites for hydroxylation is 1. The van der Waals surface area contributed by atoms with Crippen LogP contribution in [0, 0.1) is 11.8 Å². The zero-order valence-electron chi connectivity index (χ0n) is 26.6. The minimum Gasteiger partial charge on any atom is -0.399 e. The van der Waals surface area contributed by atoms with Crippen molar-refractivity contribution in [2.45, 2.75) is 90.3 Å². The van der Waals surface area contributed by atoms with Crippen LogP contribution in [-0.4, -0.2) is 18.3 Å². The molecule has 43 heavy (non-hydrogen) atoms. The van der Waals surface area contributed by atoms with Gasteiger partial charge in [-0.25, -0.2) is 0 Å². The van der Waals surface area contributed by atoms with Gasteiger partial charge in [0.1, 0.15) is 0 Å². The maximum atomic E-state index is 6.54. The fraction of sp³-hybridized carbons (Fsp3) is 0.350. The third kappa shape index (κ3) is 5.06. The summed E-state index contributed by atoms with van der Waals surface area (Å²) in [5.74, 6) is 6.28. The number of fused-ring (bicyclic) bond motifs is 3. The molecule has 4 aromatic rings. The molecule has 0 spiro atoms. The van der Waals surface area contributed by atoms with E-state index < -0.39 is 23.7 Å². The summed E-state index contributed by atoms with van der Waals surface area (Å²) in [5, 5.41) is 0. The average molecular weight is 567 g/mol. The lowest BCUT2D eigenvalue weighted by atomic mass is 9.66. The number of hydrogen-bond acceptors (Lipinski definition) is 2. The smallest absolute Gasteiger partial charge is 0.399 e. The number of hydrogen-bond donors (Lipinski definition) is 0. The molecule has 0 amide bonds. The molecule has 1 aliphatic heterocycles. The fourth-order valence-corrected chi connectivity index (χ4v) is 6.84. The van der Waals surface area contributed by atoms with Crippen molar-refractivity contribution in [1.29, 1.82) is 0 Å². The van der Waals surface area contributed by atoms with Crippen LogP contribution in [0.2, 0.25) is 0 Å². The molecule has 3 heteroatoms. The van der Waals surface area contributed by atoms with Gasteiger partial charge in [0.2, 0.25) is 0 Å². The normalized spacial score (nSPS) is 19.4. The predicted octanol–water partition coefficient (Wildman–Crippen LogP) is 8.84. The Bertz CT molecular complexity index is 1650. The van der Waals surface area contributed by atoms with E-state index in [2.05, 4.69) is 137 Å². The van der Waals surface area contributed by atoms with Crippen molar-refractivity contribution in [3.8, 4) is 23.0 Å². The zero-order chi connectivity index (χ0) is 30.2. The minimum absolute atomic E-state index is 0.403. The van der Waals surface area contributed by atoms with Crippen LogP contribution in [0.15, 0.2) is 91.0 Å². The van der Waals surface area contributed by atoms with Gasteiger partial charge in [-0.1, -0.05) is 111 Å². The summed E-state index contributed by atoms with van der Waals surface area (Å²) < 4.78 is 13.1. The molecule has 2 aliphatic rings. The molecule has 1 unspecified atom stereocenters. The lowest BCUT2D eigenvalue weighted by molar-refractivity contribution is 0.00578. The first-order chi connectivity index (χ1) is 20.7. The first kappa shape index (κ1) is 29.5. The Morgan fingerprint density at radius 3 is 1.95 bits per heavy atom. The van der Waals surface area contributed by atoms with Gasteiger partial charge >= 0.3 is 7.12 Å². The predicted molar refractivity (Wildman–Crippen MR) is 180 cm³/mol. The van der Waals surface area contributed by atoms with Crippen molar-refractivity contribution in [1.82, 2.24) is 0 Å². The van der Waals surface area contributed by atoms with Gasteiger partial charge in [0.05, 0.1) is 16.6 Å². The molecule has 1 aliphatic carbocycles. The van der Waals surface area contributed by atoms with Crippen LogP contribution in [0.3, 0.4) is 0 Å². The molecule has 0 radical (unpaired) electrons. The zero-order valence-corrected chi connectivity index (χ0v) is 26.6. The van der Waals surface area contributed by atoms with Crippen LogP contribution >= 0.6 is 0 Å². The SMILES string of the molecule is CC#Cc1ccc(C2(c3ccc(CCCCCC)cc3)c3ccccc3-c3ccc(B4OC(C)(C)C(C)(C)O4)cc32)cc1. The highest BCUT2D eigenvalue weighted by Crippen LogP contribution is 2.56. The van der Waals surface area contributed by atoms with E-state index in [0.717, 1.165) is 17.4 Å². The summed E-state index contributed by atoms with van der Waals surface area (Å²) in [7, 11) is -0.426. The van der Waals surface area contributed by atoms with Crippen LogP contribution in [-0.2, 0) is 21.1 Å². The maximum absolute atomic E-state index is 6.54. The molecule has 218 valence electrons. The maximum Gasteiger partial charge on any atom is 0.494 e. The Morgan fingerprint density at radius 1 is 0.674 bits per heavy atom. The molecule has 1 heterocycles. The van der Waals surface area contributed by atoms with Gasteiger partial charge in [-0.3, -0.25) is 0 Å².